The summed E-state index contributed by atoms with van der Waals surface area (Å²) in [6.07, 6.45) is 2.96. The summed E-state index contributed by atoms with van der Waals surface area (Å²) >= 11 is 0. The van der Waals surface area contributed by atoms with E-state index in [1.54, 1.807) is 0 Å². The summed E-state index contributed by atoms with van der Waals surface area (Å²) < 4.78 is 7.81. The molecule has 0 saturated heterocycles. The van der Waals surface area contributed by atoms with Gasteiger partial charge >= 0.3 is 6.03 Å². The smallest absolute Gasteiger partial charge is 0.322 e. The lowest BCUT2D eigenvalue weighted by molar-refractivity contribution is 0.182. The summed E-state index contributed by atoms with van der Waals surface area (Å²) in [5, 5.41) is 3.14. The maximum atomic E-state index is 13.3. The number of para-hydroxylation sites is 1. The van der Waals surface area contributed by atoms with E-state index in [1.165, 1.54) is 0 Å². The Morgan fingerprint density at radius 2 is 1.83 bits per heavy atom. The van der Waals surface area contributed by atoms with E-state index in [-0.39, 0.29) is 12.1 Å². The van der Waals surface area contributed by atoms with Crippen molar-refractivity contribution in [3.05, 3.63) is 83.7 Å². The maximum Gasteiger partial charge on any atom is 0.322 e. The fraction of sp³-hybridized carbons (Fsp3) is 0.292. The summed E-state index contributed by atoms with van der Waals surface area (Å²) in [6, 6.07) is 20.0. The van der Waals surface area contributed by atoms with Crippen molar-refractivity contribution < 1.29 is 9.53 Å². The zero-order chi connectivity index (χ0) is 20.2. The molecule has 29 heavy (non-hydrogen) atoms. The predicted octanol–water partition coefficient (Wildman–Crippen LogP) is 5.09. The van der Waals surface area contributed by atoms with Gasteiger partial charge in [0.05, 0.1) is 12.6 Å². The van der Waals surface area contributed by atoms with Gasteiger partial charge < -0.3 is 19.5 Å². The van der Waals surface area contributed by atoms with Gasteiger partial charge in [-0.05, 0) is 54.8 Å². The van der Waals surface area contributed by atoms with E-state index in [9.17, 15) is 4.79 Å². The van der Waals surface area contributed by atoms with Crippen LogP contribution in [0.1, 0.15) is 36.7 Å². The van der Waals surface area contributed by atoms with Crippen LogP contribution >= 0.6 is 0 Å². The molecular formula is C24H27N3O2. The van der Waals surface area contributed by atoms with E-state index in [1.807, 2.05) is 48.2 Å². The van der Waals surface area contributed by atoms with Gasteiger partial charge in [0.2, 0.25) is 0 Å². The second kappa shape index (κ2) is 8.43. The van der Waals surface area contributed by atoms with Gasteiger partial charge in [-0.3, -0.25) is 0 Å². The summed E-state index contributed by atoms with van der Waals surface area (Å²) in [4.78, 5) is 15.2. The van der Waals surface area contributed by atoms with Crippen LogP contribution in [0.2, 0.25) is 0 Å². The first kappa shape index (κ1) is 19.1. The highest BCUT2D eigenvalue weighted by Crippen LogP contribution is 2.34. The molecule has 1 aliphatic rings. The first-order valence-electron chi connectivity index (χ1n) is 10.2. The van der Waals surface area contributed by atoms with E-state index in [4.69, 9.17) is 4.74 Å². The molecule has 1 aliphatic heterocycles. The van der Waals surface area contributed by atoms with Crippen molar-refractivity contribution in [2.75, 3.05) is 18.5 Å². The topological polar surface area (TPSA) is 46.5 Å². The minimum absolute atomic E-state index is 0.0720. The molecule has 0 radical (unpaired) electrons. The van der Waals surface area contributed by atoms with Crippen molar-refractivity contribution in [1.29, 1.82) is 0 Å². The minimum atomic E-state index is -0.136. The Hall–Kier alpha value is -3.21. The third-order valence-corrected chi connectivity index (χ3v) is 5.45. The average Bonchev–Trinajstić information content (AvgIpc) is 3.23. The van der Waals surface area contributed by atoms with Gasteiger partial charge in [0.15, 0.2) is 0 Å². The molecule has 3 aromatic rings. The van der Waals surface area contributed by atoms with Crippen LogP contribution in [0.5, 0.6) is 5.75 Å². The Bertz CT molecular complexity index is 978. The maximum absolute atomic E-state index is 13.3. The van der Waals surface area contributed by atoms with Gasteiger partial charge in [-0.2, -0.15) is 0 Å². The molecule has 4 rings (SSSR count). The predicted molar refractivity (Wildman–Crippen MR) is 115 cm³/mol. The van der Waals surface area contributed by atoms with E-state index < -0.39 is 0 Å². The number of carbonyl (C=O) groups is 1. The molecule has 0 aliphatic carbocycles. The molecule has 0 unspecified atom stereocenters. The fourth-order valence-corrected chi connectivity index (χ4v) is 4.00. The monoisotopic (exact) mass is 389 g/mol. The zero-order valence-corrected chi connectivity index (χ0v) is 17.0. The highest BCUT2D eigenvalue weighted by molar-refractivity contribution is 5.90. The molecular weight excluding hydrogens is 362 g/mol. The number of hydrogen-bond acceptors (Lipinski definition) is 2. The quantitative estimate of drug-likeness (QED) is 0.661. The number of urea groups is 1. The standard InChI is InChI=1S/C24H27N3O2/c1-3-18-8-5-6-9-21(18)25-24(28)27-17-16-26-15-7-10-22(26)23(27)19-11-13-20(14-12-19)29-4-2/h5-15,23H,3-4,16-17H2,1-2H3,(H,25,28)/t23-/m1/s1. The number of fused-ring (bicyclic) bond motifs is 1. The highest BCUT2D eigenvalue weighted by Gasteiger charge is 2.32. The SMILES string of the molecule is CCOc1ccc([C@@H]2c3cccn3CCN2C(=O)Nc2ccccc2CC)cc1. The molecule has 150 valence electrons. The van der Waals surface area contributed by atoms with Gasteiger partial charge in [0, 0.05) is 30.7 Å². The van der Waals surface area contributed by atoms with E-state index >= 15 is 0 Å². The number of carbonyl (C=O) groups excluding carboxylic acids is 1. The number of nitrogens with zero attached hydrogens (tertiary/aromatic N) is 2. The van der Waals surface area contributed by atoms with Crippen molar-refractivity contribution in [1.82, 2.24) is 9.47 Å². The number of anilines is 1. The van der Waals surface area contributed by atoms with Crippen LogP contribution in [-0.4, -0.2) is 28.6 Å². The van der Waals surface area contributed by atoms with Crippen LogP contribution in [0.25, 0.3) is 0 Å². The molecule has 2 heterocycles. The third kappa shape index (κ3) is 3.86. The Kier molecular flexibility index (Phi) is 5.56. The summed E-state index contributed by atoms with van der Waals surface area (Å²) in [5.41, 5.74) is 4.22. The molecule has 2 amide bonds. The van der Waals surface area contributed by atoms with Crippen LogP contribution in [0.15, 0.2) is 66.9 Å². The highest BCUT2D eigenvalue weighted by atomic mass is 16.5. The minimum Gasteiger partial charge on any atom is -0.494 e. The Morgan fingerprint density at radius 1 is 1.03 bits per heavy atom. The number of benzene rings is 2. The zero-order valence-electron chi connectivity index (χ0n) is 17.0. The van der Waals surface area contributed by atoms with Crippen molar-refractivity contribution in [3.63, 3.8) is 0 Å². The van der Waals surface area contributed by atoms with Crippen molar-refractivity contribution in [2.24, 2.45) is 0 Å². The van der Waals surface area contributed by atoms with Gasteiger partial charge in [-0.25, -0.2) is 4.79 Å². The normalized spacial score (nSPS) is 15.7. The first-order valence-corrected chi connectivity index (χ1v) is 10.2. The second-order valence-corrected chi connectivity index (χ2v) is 7.17. The lowest BCUT2D eigenvalue weighted by Gasteiger charge is -2.37. The van der Waals surface area contributed by atoms with Crippen molar-refractivity contribution >= 4 is 11.7 Å². The Labute approximate surface area is 171 Å². The molecule has 0 saturated carbocycles. The first-order chi connectivity index (χ1) is 14.2. The molecule has 1 N–H and O–H groups in total. The lowest BCUT2D eigenvalue weighted by atomic mass is 10.00. The number of aromatic nitrogens is 1. The number of nitrogens with one attached hydrogen (secondary N) is 1. The number of ether oxygens (including phenoxy) is 1. The van der Waals surface area contributed by atoms with E-state index in [0.717, 1.165) is 41.2 Å². The van der Waals surface area contributed by atoms with Gasteiger partial charge in [-0.1, -0.05) is 37.3 Å². The molecule has 2 aromatic carbocycles. The van der Waals surface area contributed by atoms with Crippen LogP contribution in [0, 0.1) is 0 Å². The van der Waals surface area contributed by atoms with Gasteiger partial charge in [0.1, 0.15) is 5.75 Å². The Balaban J connectivity index is 1.65. The largest absolute Gasteiger partial charge is 0.494 e. The van der Waals surface area contributed by atoms with Crippen LogP contribution in [0.3, 0.4) is 0 Å². The number of hydrogen-bond donors (Lipinski definition) is 1. The molecule has 1 aromatic heterocycles. The molecule has 5 nitrogen and oxygen atoms in total. The number of amides is 2. The van der Waals surface area contributed by atoms with Crippen molar-refractivity contribution in [3.8, 4) is 5.75 Å². The summed E-state index contributed by atoms with van der Waals surface area (Å²) in [7, 11) is 0. The molecule has 0 bridgehead atoms. The van der Waals surface area contributed by atoms with Crippen LogP contribution < -0.4 is 10.1 Å². The van der Waals surface area contributed by atoms with Crippen LogP contribution in [0.4, 0.5) is 10.5 Å². The van der Waals surface area contributed by atoms with E-state index in [2.05, 4.69) is 47.3 Å². The lowest BCUT2D eigenvalue weighted by Crippen LogP contribution is -2.44. The van der Waals surface area contributed by atoms with Gasteiger partial charge in [0.25, 0.3) is 0 Å². The average molecular weight is 389 g/mol. The number of aryl methyl sites for hydroxylation is 1. The summed E-state index contributed by atoms with van der Waals surface area (Å²) in [5.74, 6) is 0.843. The summed E-state index contributed by atoms with van der Waals surface area (Å²) in [6.45, 7) is 6.15. The fourth-order valence-electron chi connectivity index (χ4n) is 4.00. The van der Waals surface area contributed by atoms with Gasteiger partial charge in [-0.15, -0.1) is 0 Å². The third-order valence-electron chi connectivity index (χ3n) is 5.45. The molecule has 0 fully saturated rings. The molecule has 1 atom stereocenters. The van der Waals surface area contributed by atoms with E-state index in [0.29, 0.717) is 13.2 Å². The Morgan fingerprint density at radius 3 is 2.59 bits per heavy atom. The molecule has 5 heteroatoms. The van der Waals surface area contributed by atoms with Crippen molar-refractivity contribution in [2.45, 2.75) is 32.9 Å². The van der Waals surface area contributed by atoms with Crippen LogP contribution in [-0.2, 0) is 13.0 Å². The number of rotatable bonds is 5. The second-order valence-electron chi connectivity index (χ2n) is 7.17. The molecule has 0 spiro atoms.